The Kier molecular flexibility index (Phi) is 4.72. The summed E-state index contributed by atoms with van der Waals surface area (Å²) in [5.74, 6) is -1.81. The predicted molar refractivity (Wildman–Crippen MR) is 72.0 cm³/mol. The number of carboxylic acid groups (broad SMARTS) is 1. The predicted octanol–water partition coefficient (Wildman–Crippen LogP) is 1.90. The van der Waals surface area contributed by atoms with E-state index in [2.05, 4.69) is 15.9 Å². The van der Waals surface area contributed by atoms with Crippen LogP contribution < -0.4 is 0 Å². The van der Waals surface area contributed by atoms with Gasteiger partial charge in [-0.05, 0) is 34.1 Å². The van der Waals surface area contributed by atoms with Gasteiger partial charge in [0, 0.05) is 18.7 Å². The molecule has 1 aromatic carbocycles. The normalized spacial score (nSPS) is 18.9. The molecule has 1 aromatic rings. The number of aliphatic carboxylic acids is 1. The lowest BCUT2D eigenvalue weighted by atomic mass is 10.1. The number of benzene rings is 1. The zero-order chi connectivity index (χ0) is 14.7. The smallest absolute Gasteiger partial charge is 0.306 e. The van der Waals surface area contributed by atoms with Gasteiger partial charge in [-0.2, -0.15) is 0 Å². The molecular formula is C13H13BrFNO4. The number of halogens is 2. The van der Waals surface area contributed by atoms with Crippen LogP contribution in [0.1, 0.15) is 16.8 Å². The van der Waals surface area contributed by atoms with E-state index in [1.54, 1.807) is 0 Å². The van der Waals surface area contributed by atoms with Crippen LogP contribution in [0.5, 0.6) is 0 Å². The van der Waals surface area contributed by atoms with E-state index in [9.17, 15) is 14.0 Å². The Balaban J connectivity index is 2.08. The molecule has 1 fully saturated rings. The van der Waals surface area contributed by atoms with E-state index in [0.29, 0.717) is 11.0 Å². The zero-order valence-corrected chi connectivity index (χ0v) is 12.1. The Morgan fingerprint density at radius 3 is 2.90 bits per heavy atom. The molecule has 1 N–H and O–H groups in total. The fourth-order valence-corrected chi connectivity index (χ4v) is 2.28. The standard InChI is InChI=1S/C13H13BrFNO4/c14-10-2-1-8(5-11(10)15)13(19)16-3-4-20-9(7-16)6-12(17)18/h1-2,5,9H,3-4,6-7H2,(H,17,18)/t9-/m0/s1. The molecule has 1 heterocycles. The molecule has 5 nitrogen and oxygen atoms in total. The Hall–Kier alpha value is -1.47. The van der Waals surface area contributed by atoms with Crippen molar-refractivity contribution in [1.29, 1.82) is 0 Å². The molecule has 1 aliphatic heterocycles. The van der Waals surface area contributed by atoms with Gasteiger partial charge in [-0.1, -0.05) is 0 Å². The molecule has 0 spiro atoms. The molecule has 1 atom stereocenters. The lowest BCUT2D eigenvalue weighted by molar-refractivity contribution is -0.141. The van der Waals surface area contributed by atoms with E-state index in [1.165, 1.54) is 17.0 Å². The Morgan fingerprint density at radius 2 is 2.25 bits per heavy atom. The summed E-state index contributed by atoms with van der Waals surface area (Å²) in [4.78, 5) is 24.4. The van der Waals surface area contributed by atoms with Crippen molar-refractivity contribution in [2.24, 2.45) is 0 Å². The molecule has 0 bridgehead atoms. The average molecular weight is 346 g/mol. The first-order chi connectivity index (χ1) is 9.47. The van der Waals surface area contributed by atoms with E-state index in [-0.39, 0.29) is 31.0 Å². The monoisotopic (exact) mass is 345 g/mol. The van der Waals surface area contributed by atoms with Gasteiger partial charge in [0.15, 0.2) is 0 Å². The van der Waals surface area contributed by atoms with E-state index in [0.717, 1.165) is 6.07 Å². The fraction of sp³-hybridized carbons (Fsp3) is 0.385. The summed E-state index contributed by atoms with van der Waals surface area (Å²) >= 11 is 3.03. The maximum atomic E-state index is 13.4. The summed E-state index contributed by atoms with van der Waals surface area (Å²) in [7, 11) is 0. The molecular weight excluding hydrogens is 333 g/mol. The highest BCUT2D eigenvalue weighted by molar-refractivity contribution is 9.10. The zero-order valence-electron chi connectivity index (χ0n) is 10.5. The van der Waals surface area contributed by atoms with Crippen molar-refractivity contribution in [1.82, 2.24) is 4.90 Å². The number of amides is 1. The second-order valence-electron chi connectivity index (χ2n) is 4.47. The Morgan fingerprint density at radius 1 is 1.50 bits per heavy atom. The SMILES string of the molecule is O=C(O)C[C@H]1CN(C(=O)c2ccc(Br)c(F)c2)CCO1. The maximum Gasteiger partial charge on any atom is 0.306 e. The van der Waals surface area contributed by atoms with Crippen LogP contribution in [0, 0.1) is 5.82 Å². The first kappa shape index (κ1) is 14.9. The van der Waals surface area contributed by atoms with Gasteiger partial charge in [0.25, 0.3) is 5.91 Å². The van der Waals surface area contributed by atoms with Crippen molar-refractivity contribution in [3.05, 3.63) is 34.1 Å². The summed E-state index contributed by atoms with van der Waals surface area (Å²) in [6.07, 6.45) is -0.677. The highest BCUT2D eigenvalue weighted by atomic mass is 79.9. The average Bonchev–Trinajstić information content (AvgIpc) is 2.40. The molecule has 1 amide bonds. The number of carbonyl (C=O) groups is 2. The number of nitrogens with zero attached hydrogens (tertiary/aromatic N) is 1. The molecule has 0 aliphatic carbocycles. The molecule has 1 aliphatic rings. The molecule has 0 saturated carbocycles. The minimum absolute atomic E-state index is 0.154. The summed E-state index contributed by atoms with van der Waals surface area (Å²) < 4.78 is 19.0. The van der Waals surface area contributed by atoms with Crippen LogP contribution in [0.15, 0.2) is 22.7 Å². The highest BCUT2D eigenvalue weighted by Crippen LogP contribution is 2.19. The second kappa shape index (κ2) is 6.32. The van der Waals surface area contributed by atoms with Gasteiger partial charge in [0.05, 0.1) is 23.6 Å². The molecule has 0 aromatic heterocycles. The van der Waals surface area contributed by atoms with Crippen molar-refractivity contribution in [2.45, 2.75) is 12.5 Å². The van der Waals surface area contributed by atoms with Gasteiger partial charge in [0.1, 0.15) is 5.82 Å². The van der Waals surface area contributed by atoms with Gasteiger partial charge in [0.2, 0.25) is 0 Å². The second-order valence-corrected chi connectivity index (χ2v) is 5.33. The topological polar surface area (TPSA) is 66.8 Å². The molecule has 7 heteroatoms. The number of rotatable bonds is 3. The van der Waals surface area contributed by atoms with E-state index < -0.39 is 17.9 Å². The van der Waals surface area contributed by atoms with Crippen LogP contribution >= 0.6 is 15.9 Å². The fourth-order valence-electron chi connectivity index (χ4n) is 2.03. The third kappa shape index (κ3) is 3.55. The summed E-state index contributed by atoms with van der Waals surface area (Å²) in [5.41, 5.74) is 0.238. The molecule has 20 heavy (non-hydrogen) atoms. The molecule has 2 rings (SSSR count). The van der Waals surface area contributed by atoms with Crippen LogP contribution in [0.4, 0.5) is 4.39 Å². The maximum absolute atomic E-state index is 13.4. The number of hydrogen-bond donors (Lipinski definition) is 1. The Labute approximate surface area is 123 Å². The van der Waals surface area contributed by atoms with Gasteiger partial charge in [-0.3, -0.25) is 9.59 Å². The van der Waals surface area contributed by atoms with E-state index in [4.69, 9.17) is 9.84 Å². The quantitative estimate of drug-likeness (QED) is 0.908. The van der Waals surface area contributed by atoms with Gasteiger partial charge in [-0.25, -0.2) is 4.39 Å². The van der Waals surface area contributed by atoms with Crippen molar-refractivity contribution >= 4 is 27.8 Å². The van der Waals surface area contributed by atoms with Gasteiger partial charge < -0.3 is 14.7 Å². The minimum Gasteiger partial charge on any atom is -0.481 e. The molecule has 0 radical (unpaired) electrons. The Bertz CT molecular complexity index is 537. The van der Waals surface area contributed by atoms with Crippen LogP contribution in [0.25, 0.3) is 0 Å². The number of hydrogen-bond acceptors (Lipinski definition) is 3. The molecule has 1 saturated heterocycles. The molecule has 0 unspecified atom stereocenters. The number of carbonyl (C=O) groups excluding carboxylic acids is 1. The lowest BCUT2D eigenvalue weighted by Crippen LogP contribution is -2.46. The lowest BCUT2D eigenvalue weighted by Gasteiger charge is -2.32. The third-order valence-electron chi connectivity index (χ3n) is 2.99. The van der Waals surface area contributed by atoms with Gasteiger partial charge >= 0.3 is 5.97 Å². The summed E-state index contributed by atoms with van der Waals surface area (Å²) in [6, 6.07) is 4.16. The van der Waals surface area contributed by atoms with E-state index >= 15 is 0 Å². The van der Waals surface area contributed by atoms with Crippen LogP contribution in [-0.2, 0) is 9.53 Å². The van der Waals surface area contributed by atoms with Crippen molar-refractivity contribution in [2.75, 3.05) is 19.7 Å². The largest absolute Gasteiger partial charge is 0.481 e. The number of ether oxygens (including phenoxy) is 1. The van der Waals surface area contributed by atoms with Crippen molar-refractivity contribution in [3.63, 3.8) is 0 Å². The third-order valence-corrected chi connectivity index (χ3v) is 3.64. The van der Waals surface area contributed by atoms with Crippen LogP contribution in [-0.4, -0.2) is 47.7 Å². The first-order valence-electron chi connectivity index (χ1n) is 6.05. The number of carboxylic acids is 1. The van der Waals surface area contributed by atoms with Crippen LogP contribution in [0.2, 0.25) is 0 Å². The first-order valence-corrected chi connectivity index (χ1v) is 6.84. The highest BCUT2D eigenvalue weighted by Gasteiger charge is 2.26. The van der Waals surface area contributed by atoms with Crippen LogP contribution in [0.3, 0.4) is 0 Å². The van der Waals surface area contributed by atoms with E-state index in [1.807, 2.05) is 0 Å². The van der Waals surface area contributed by atoms with Crippen molar-refractivity contribution in [3.8, 4) is 0 Å². The van der Waals surface area contributed by atoms with Crippen molar-refractivity contribution < 1.29 is 23.8 Å². The van der Waals surface area contributed by atoms with Gasteiger partial charge in [-0.15, -0.1) is 0 Å². The summed E-state index contributed by atoms with van der Waals surface area (Å²) in [6.45, 7) is 0.845. The summed E-state index contributed by atoms with van der Waals surface area (Å²) in [5, 5.41) is 8.74. The molecule has 108 valence electrons. The minimum atomic E-state index is -0.973. The number of morpholine rings is 1.